The largest absolute Gasteiger partial charge is 0.497 e. The van der Waals surface area contributed by atoms with Gasteiger partial charge in [-0.3, -0.25) is 4.79 Å². The first-order valence-corrected chi connectivity index (χ1v) is 11.1. The van der Waals surface area contributed by atoms with Gasteiger partial charge in [0, 0.05) is 63.3 Å². The van der Waals surface area contributed by atoms with Crippen LogP contribution in [0.5, 0.6) is 11.6 Å². The van der Waals surface area contributed by atoms with Crippen LogP contribution < -0.4 is 24.2 Å². The topological polar surface area (TPSA) is 58.1 Å². The van der Waals surface area contributed by atoms with Crippen LogP contribution in [-0.4, -0.2) is 65.3 Å². The van der Waals surface area contributed by atoms with Crippen LogP contribution in [0, 0.1) is 0 Å². The van der Waals surface area contributed by atoms with Crippen LogP contribution in [0.2, 0.25) is 0 Å². The average molecular weight is 447 g/mol. The molecule has 2 aromatic carbocycles. The van der Waals surface area contributed by atoms with Crippen LogP contribution in [0.4, 0.5) is 17.1 Å². The maximum Gasteiger partial charge on any atom is 0.214 e. The highest BCUT2D eigenvalue weighted by molar-refractivity contribution is 5.77. The van der Waals surface area contributed by atoms with Gasteiger partial charge in [-0.2, -0.15) is 0 Å². The molecule has 1 aliphatic heterocycles. The maximum atomic E-state index is 10.8. The molecule has 33 heavy (non-hydrogen) atoms. The number of ether oxygens (including phenoxy) is 2. The summed E-state index contributed by atoms with van der Waals surface area (Å²) in [6.07, 6.45) is 0.736. The number of pyridine rings is 1. The Hall–Kier alpha value is -3.74. The minimum atomic E-state index is -0.00805. The molecule has 1 saturated heterocycles. The van der Waals surface area contributed by atoms with Gasteiger partial charge in [0.15, 0.2) is 6.29 Å². The van der Waals surface area contributed by atoms with Crippen molar-refractivity contribution in [3.05, 3.63) is 60.7 Å². The highest BCUT2D eigenvalue weighted by atomic mass is 16.5. The summed E-state index contributed by atoms with van der Waals surface area (Å²) in [6, 6.07) is 20.4. The molecule has 3 aromatic rings. The summed E-state index contributed by atoms with van der Waals surface area (Å²) in [4.78, 5) is 22.3. The lowest BCUT2D eigenvalue weighted by molar-refractivity contribution is -0.109. The minimum Gasteiger partial charge on any atom is -0.497 e. The number of carbonyl (C=O) groups is 1. The predicted molar refractivity (Wildman–Crippen MR) is 133 cm³/mol. The zero-order valence-corrected chi connectivity index (χ0v) is 19.4. The molecular formula is C26H30N4O3. The normalized spacial score (nSPS) is 13.5. The number of hydrogen-bond donors (Lipinski definition) is 0. The smallest absolute Gasteiger partial charge is 0.214 e. The van der Waals surface area contributed by atoms with E-state index in [1.165, 1.54) is 5.69 Å². The second kappa shape index (κ2) is 10.3. The molecule has 0 unspecified atom stereocenters. The van der Waals surface area contributed by atoms with Crippen molar-refractivity contribution >= 4 is 23.3 Å². The molecule has 0 saturated carbocycles. The Bertz CT molecular complexity index is 1060. The molecule has 2 heterocycles. The van der Waals surface area contributed by atoms with Gasteiger partial charge in [0.05, 0.1) is 18.5 Å². The second-order valence-electron chi connectivity index (χ2n) is 8.11. The number of hydrogen-bond acceptors (Lipinski definition) is 7. The van der Waals surface area contributed by atoms with Gasteiger partial charge in [-0.05, 0) is 42.5 Å². The average Bonchev–Trinajstić information content (AvgIpc) is 2.87. The van der Waals surface area contributed by atoms with Gasteiger partial charge in [0.1, 0.15) is 12.4 Å². The molecule has 1 aromatic heterocycles. The van der Waals surface area contributed by atoms with Crippen molar-refractivity contribution in [1.82, 2.24) is 4.98 Å². The van der Waals surface area contributed by atoms with Gasteiger partial charge in [-0.1, -0.05) is 12.1 Å². The van der Waals surface area contributed by atoms with E-state index >= 15 is 0 Å². The number of aromatic nitrogens is 1. The Morgan fingerprint density at radius 1 is 0.909 bits per heavy atom. The fourth-order valence-corrected chi connectivity index (χ4v) is 4.02. The lowest BCUT2D eigenvalue weighted by atomic mass is 10.1. The van der Waals surface area contributed by atoms with Gasteiger partial charge < -0.3 is 24.2 Å². The number of rotatable bonds is 8. The quantitative estimate of drug-likeness (QED) is 0.489. The number of nitrogens with zero attached hydrogens (tertiary/aromatic N) is 4. The van der Waals surface area contributed by atoms with Crippen molar-refractivity contribution < 1.29 is 14.3 Å². The molecule has 0 bridgehead atoms. The molecule has 0 atom stereocenters. The zero-order valence-electron chi connectivity index (χ0n) is 19.4. The number of anilines is 3. The van der Waals surface area contributed by atoms with Crippen LogP contribution in [0.3, 0.4) is 0 Å². The van der Waals surface area contributed by atoms with Crippen molar-refractivity contribution in [2.45, 2.75) is 0 Å². The van der Waals surface area contributed by atoms with E-state index in [1.807, 2.05) is 38.4 Å². The third-order valence-electron chi connectivity index (χ3n) is 5.86. The fraction of sp³-hybridized carbons (Fsp3) is 0.308. The highest BCUT2D eigenvalue weighted by Crippen LogP contribution is 2.33. The Morgan fingerprint density at radius 3 is 2.18 bits per heavy atom. The molecular weight excluding hydrogens is 416 g/mol. The van der Waals surface area contributed by atoms with Crippen LogP contribution >= 0.6 is 0 Å². The molecule has 7 nitrogen and oxygen atoms in total. The molecule has 172 valence electrons. The molecule has 7 heteroatoms. The summed E-state index contributed by atoms with van der Waals surface area (Å²) in [5.41, 5.74) is 5.28. The Labute approximate surface area is 195 Å². The summed E-state index contributed by atoms with van der Waals surface area (Å²) < 4.78 is 10.8. The van der Waals surface area contributed by atoms with E-state index in [4.69, 9.17) is 14.5 Å². The van der Waals surface area contributed by atoms with Crippen molar-refractivity contribution in [2.75, 3.05) is 68.7 Å². The number of carbonyl (C=O) groups excluding carboxylic acids is 1. The van der Waals surface area contributed by atoms with Crippen LogP contribution in [0.1, 0.15) is 0 Å². The van der Waals surface area contributed by atoms with Crippen LogP contribution in [-0.2, 0) is 4.79 Å². The lowest BCUT2D eigenvalue weighted by Crippen LogP contribution is -2.46. The fourth-order valence-electron chi connectivity index (χ4n) is 4.02. The number of methoxy groups -OCH3 is 1. The summed E-state index contributed by atoms with van der Waals surface area (Å²) >= 11 is 0. The molecule has 0 spiro atoms. The Kier molecular flexibility index (Phi) is 6.98. The Morgan fingerprint density at radius 2 is 1.58 bits per heavy atom. The van der Waals surface area contributed by atoms with E-state index in [2.05, 4.69) is 51.1 Å². The first kappa shape index (κ1) is 22.5. The summed E-state index contributed by atoms with van der Waals surface area (Å²) in [7, 11) is 5.73. The number of aldehydes is 1. The van der Waals surface area contributed by atoms with Gasteiger partial charge in [-0.25, -0.2) is 4.98 Å². The molecule has 1 aliphatic rings. The monoisotopic (exact) mass is 446 g/mol. The molecule has 0 radical (unpaired) electrons. The summed E-state index contributed by atoms with van der Waals surface area (Å²) in [5.74, 6) is 1.32. The van der Waals surface area contributed by atoms with Gasteiger partial charge in [0.2, 0.25) is 5.88 Å². The number of benzene rings is 2. The first-order valence-electron chi connectivity index (χ1n) is 11.1. The van der Waals surface area contributed by atoms with Crippen LogP contribution in [0.25, 0.3) is 11.3 Å². The van der Waals surface area contributed by atoms with Crippen molar-refractivity contribution in [2.24, 2.45) is 0 Å². The third-order valence-corrected chi connectivity index (χ3v) is 5.86. The van der Waals surface area contributed by atoms with Crippen molar-refractivity contribution in [3.8, 4) is 22.9 Å². The second-order valence-corrected chi connectivity index (χ2v) is 8.11. The standard InChI is InChI=1S/C26H30N4O3/c1-28(2)21-6-4-20(5-7-21)26-24(12-13-25(27-26)33-19-18-31)30-16-14-29(15-17-30)22-8-10-23(32-3)11-9-22/h4-13,18H,14-17,19H2,1-3H3. The van der Waals surface area contributed by atoms with E-state index in [-0.39, 0.29) is 6.61 Å². The molecule has 0 N–H and O–H groups in total. The van der Waals surface area contributed by atoms with E-state index < -0.39 is 0 Å². The van der Waals surface area contributed by atoms with Crippen LogP contribution in [0.15, 0.2) is 60.7 Å². The summed E-state index contributed by atoms with van der Waals surface area (Å²) in [5, 5.41) is 0. The Balaban J connectivity index is 1.56. The SMILES string of the molecule is COc1ccc(N2CCN(c3ccc(OCC=O)nc3-c3ccc(N(C)C)cc3)CC2)cc1. The predicted octanol–water partition coefficient (Wildman–Crippen LogP) is 3.73. The third kappa shape index (κ3) is 5.19. The first-order chi connectivity index (χ1) is 16.1. The number of piperazine rings is 1. The maximum absolute atomic E-state index is 10.8. The molecule has 4 rings (SSSR count). The molecule has 0 aliphatic carbocycles. The van der Waals surface area contributed by atoms with Crippen molar-refractivity contribution in [3.63, 3.8) is 0 Å². The van der Waals surface area contributed by atoms with E-state index in [0.717, 1.165) is 60.8 Å². The highest BCUT2D eigenvalue weighted by Gasteiger charge is 2.21. The van der Waals surface area contributed by atoms with Gasteiger partial charge >= 0.3 is 0 Å². The minimum absolute atomic E-state index is 0.00805. The van der Waals surface area contributed by atoms with E-state index in [9.17, 15) is 4.79 Å². The van der Waals surface area contributed by atoms with Gasteiger partial charge in [0.25, 0.3) is 0 Å². The lowest BCUT2D eigenvalue weighted by Gasteiger charge is -2.38. The van der Waals surface area contributed by atoms with E-state index in [1.54, 1.807) is 7.11 Å². The summed E-state index contributed by atoms with van der Waals surface area (Å²) in [6.45, 7) is 3.57. The zero-order chi connectivity index (χ0) is 23.2. The van der Waals surface area contributed by atoms with E-state index in [0.29, 0.717) is 5.88 Å². The van der Waals surface area contributed by atoms with Gasteiger partial charge in [-0.15, -0.1) is 0 Å². The molecule has 1 fully saturated rings. The van der Waals surface area contributed by atoms with Crippen molar-refractivity contribution in [1.29, 1.82) is 0 Å². The molecule has 0 amide bonds.